The molecule has 2 amide bonds. The Bertz CT molecular complexity index is 645. The molecular weight excluding hydrogens is 380 g/mol. The van der Waals surface area contributed by atoms with Crippen molar-refractivity contribution in [3.8, 4) is 11.5 Å². The zero-order valence-corrected chi connectivity index (χ0v) is 17.6. The summed E-state index contributed by atoms with van der Waals surface area (Å²) in [5.74, 6) is 2.12. The number of rotatable bonds is 10. The van der Waals surface area contributed by atoms with E-state index in [1.165, 1.54) is 0 Å². The van der Waals surface area contributed by atoms with Crippen LogP contribution >= 0.6 is 11.6 Å². The smallest absolute Gasteiger partial charge is 0.222 e. The molecule has 1 aliphatic rings. The van der Waals surface area contributed by atoms with Crippen LogP contribution in [0.3, 0.4) is 0 Å². The van der Waals surface area contributed by atoms with E-state index in [1.54, 1.807) is 7.11 Å². The number of aryl methyl sites for hydroxylation is 1. The Morgan fingerprint density at radius 2 is 1.96 bits per heavy atom. The highest BCUT2D eigenvalue weighted by molar-refractivity contribution is 6.17. The van der Waals surface area contributed by atoms with Gasteiger partial charge in [0.15, 0.2) is 11.5 Å². The highest BCUT2D eigenvalue weighted by Crippen LogP contribution is 2.28. The molecule has 28 heavy (non-hydrogen) atoms. The third-order valence-corrected chi connectivity index (χ3v) is 5.17. The Hall–Kier alpha value is -1.95. The van der Waals surface area contributed by atoms with Gasteiger partial charge in [0.2, 0.25) is 11.8 Å². The number of amides is 2. The fourth-order valence-corrected chi connectivity index (χ4v) is 3.48. The maximum absolute atomic E-state index is 12.3. The van der Waals surface area contributed by atoms with Crippen molar-refractivity contribution in [1.82, 2.24) is 10.2 Å². The Morgan fingerprint density at radius 1 is 1.21 bits per heavy atom. The summed E-state index contributed by atoms with van der Waals surface area (Å²) in [6.45, 7) is 3.90. The normalized spacial score (nSPS) is 14.6. The number of piperidine rings is 1. The van der Waals surface area contributed by atoms with Gasteiger partial charge in [0.1, 0.15) is 0 Å². The van der Waals surface area contributed by atoms with E-state index in [0.29, 0.717) is 62.8 Å². The third-order valence-electron chi connectivity index (χ3n) is 4.91. The fourth-order valence-electron chi connectivity index (χ4n) is 3.35. The van der Waals surface area contributed by atoms with Crippen molar-refractivity contribution in [2.24, 2.45) is 0 Å². The minimum Gasteiger partial charge on any atom is -0.493 e. The number of likely N-dealkylation sites (tertiary alicyclic amines) is 1. The lowest BCUT2D eigenvalue weighted by molar-refractivity contribution is -0.132. The van der Waals surface area contributed by atoms with Gasteiger partial charge in [0.25, 0.3) is 0 Å². The average Bonchev–Trinajstić information content (AvgIpc) is 2.72. The molecule has 0 aliphatic carbocycles. The van der Waals surface area contributed by atoms with Gasteiger partial charge in [-0.25, -0.2) is 0 Å². The number of carbonyl (C=O) groups is 2. The molecule has 1 heterocycles. The molecule has 0 radical (unpaired) electrons. The first-order valence-corrected chi connectivity index (χ1v) is 10.5. The molecule has 0 spiro atoms. The minimum absolute atomic E-state index is 0.0415. The van der Waals surface area contributed by atoms with Crippen LogP contribution in [0.5, 0.6) is 11.5 Å². The number of alkyl halides is 1. The van der Waals surface area contributed by atoms with Crippen LogP contribution in [0.25, 0.3) is 0 Å². The number of benzene rings is 1. The molecule has 1 fully saturated rings. The lowest BCUT2D eigenvalue weighted by atomic mass is 10.0. The van der Waals surface area contributed by atoms with Crippen LogP contribution in [0, 0.1) is 0 Å². The Balaban J connectivity index is 1.74. The van der Waals surface area contributed by atoms with E-state index in [1.807, 2.05) is 30.0 Å². The summed E-state index contributed by atoms with van der Waals surface area (Å²) < 4.78 is 10.9. The molecule has 0 aromatic heterocycles. The molecule has 1 N–H and O–H groups in total. The first-order valence-electron chi connectivity index (χ1n) is 10.00. The number of hydrogen-bond donors (Lipinski definition) is 1. The molecular formula is C21H31ClN2O4. The van der Waals surface area contributed by atoms with E-state index < -0.39 is 0 Å². The van der Waals surface area contributed by atoms with Crippen LogP contribution in [0.2, 0.25) is 0 Å². The molecule has 6 nitrogen and oxygen atoms in total. The summed E-state index contributed by atoms with van der Waals surface area (Å²) in [6, 6.07) is 5.90. The number of ether oxygens (including phenoxy) is 2. The topological polar surface area (TPSA) is 67.9 Å². The first kappa shape index (κ1) is 22.3. The van der Waals surface area contributed by atoms with Crippen molar-refractivity contribution in [3.63, 3.8) is 0 Å². The largest absolute Gasteiger partial charge is 0.493 e. The molecule has 0 atom stereocenters. The van der Waals surface area contributed by atoms with Crippen molar-refractivity contribution in [3.05, 3.63) is 23.8 Å². The van der Waals surface area contributed by atoms with Gasteiger partial charge in [-0.1, -0.05) is 6.07 Å². The van der Waals surface area contributed by atoms with Crippen LogP contribution in [0.15, 0.2) is 18.2 Å². The molecule has 7 heteroatoms. The second-order valence-corrected chi connectivity index (χ2v) is 7.31. The molecule has 1 saturated heterocycles. The van der Waals surface area contributed by atoms with Crippen LogP contribution in [0.4, 0.5) is 0 Å². The summed E-state index contributed by atoms with van der Waals surface area (Å²) in [5, 5.41) is 3.10. The molecule has 0 saturated carbocycles. The molecule has 1 aromatic rings. The van der Waals surface area contributed by atoms with Gasteiger partial charge in [0.05, 0.1) is 13.7 Å². The van der Waals surface area contributed by atoms with Crippen LogP contribution in [-0.4, -0.2) is 55.4 Å². The van der Waals surface area contributed by atoms with Crippen LogP contribution < -0.4 is 14.8 Å². The predicted octanol–water partition coefficient (Wildman–Crippen LogP) is 3.15. The SMILES string of the molecule is CCOc1ccc(CCC(=O)NC2CCN(C(=O)CCCCl)CC2)cc1OC. The zero-order valence-electron chi connectivity index (χ0n) is 16.8. The van der Waals surface area contributed by atoms with Gasteiger partial charge in [-0.2, -0.15) is 0 Å². The number of hydrogen-bond acceptors (Lipinski definition) is 4. The monoisotopic (exact) mass is 410 g/mol. The van der Waals surface area contributed by atoms with Gasteiger partial charge in [0, 0.05) is 37.9 Å². The number of carbonyl (C=O) groups excluding carboxylic acids is 2. The van der Waals surface area contributed by atoms with Gasteiger partial charge in [-0.3, -0.25) is 9.59 Å². The van der Waals surface area contributed by atoms with E-state index in [-0.39, 0.29) is 17.9 Å². The molecule has 156 valence electrons. The standard InChI is InChI=1S/C21H31ClN2O4/c1-3-28-18-8-6-16(15-19(18)27-2)7-9-20(25)23-17-10-13-24(14-11-17)21(26)5-4-12-22/h6,8,15,17H,3-5,7,9-14H2,1-2H3,(H,23,25). The molecule has 0 unspecified atom stereocenters. The quantitative estimate of drug-likeness (QED) is 0.601. The maximum atomic E-state index is 12.3. The summed E-state index contributed by atoms with van der Waals surface area (Å²) >= 11 is 5.65. The van der Waals surface area contributed by atoms with E-state index in [9.17, 15) is 9.59 Å². The summed E-state index contributed by atoms with van der Waals surface area (Å²) in [5.41, 5.74) is 1.04. The van der Waals surface area contributed by atoms with E-state index in [2.05, 4.69) is 5.32 Å². The van der Waals surface area contributed by atoms with Gasteiger partial charge < -0.3 is 19.7 Å². The van der Waals surface area contributed by atoms with Crippen LogP contribution in [0.1, 0.15) is 44.6 Å². The highest BCUT2D eigenvalue weighted by atomic mass is 35.5. The predicted molar refractivity (Wildman–Crippen MR) is 110 cm³/mol. The van der Waals surface area contributed by atoms with Gasteiger partial charge >= 0.3 is 0 Å². The average molecular weight is 411 g/mol. The lowest BCUT2D eigenvalue weighted by Gasteiger charge is -2.32. The second kappa shape index (κ2) is 11.8. The molecule has 1 aromatic carbocycles. The number of nitrogens with zero attached hydrogens (tertiary/aromatic N) is 1. The van der Waals surface area contributed by atoms with E-state index in [4.69, 9.17) is 21.1 Å². The van der Waals surface area contributed by atoms with Crippen LogP contribution in [-0.2, 0) is 16.0 Å². The third kappa shape index (κ3) is 6.89. The van der Waals surface area contributed by atoms with Crippen molar-refractivity contribution >= 4 is 23.4 Å². The Labute approximate surface area is 172 Å². The van der Waals surface area contributed by atoms with Crippen molar-refractivity contribution in [1.29, 1.82) is 0 Å². The summed E-state index contributed by atoms with van der Waals surface area (Å²) in [7, 11) is 1.61. The second-order valence-electron chi connectivity index (χ2n) is 6.93. The highest BCUT2D eigenvalue weighted by Gasteiger charge is 2.23. The Kier molecular flexibility index (Phi) is 9.41. The molecule has 0 bridgehead atoms. The van der Waals surface area contributed by atoms with Gasteiger partial charge in [-0.05, 0) is 50.3 Å². The number of methoxy groups -OCH3 is 1. The van der Waals surface area contributed by atoms with Crippen molar-refractivity contribution < 1.29 is 19.1 Å². The van der Waals surface area contributed by atoms with E-state index >= 15 is 0 Å². The van der Waals surface area contributed by atoms with Crippen molar-refractivity contribution in [2.75, 3.05) is 32.7 Å². The summed E-state index contributed by atoms with van der Waals surface area (Å²) in [6.07, 6.45) is 3.89. The maximum Gasteiger partial charge on any atom is 0.222 e. The van der Waals surface area contributed by atoms with E-state index in [0.717, 1.165) is 18.4 Å². The minimum atomic E-state index is 0.0415. The van der Waals surface area contributed by atoms with Crippen molar-refractivity contribution in [2.45, 2.75) is 51.5 Å². The fraction of sp³-hybridized carbons (Fsp3) is 0.619. The molecule has 1 aliphatic heterocycles. The lowest BCUT2D eigenvalue weighted by Crippen LogP contribution is -2.46. The zero-order chi connectivity index (χ0) is 20.4. The first-order chi connectivity index (χ1) is 13.6. The summed E-state index contributed by atoms with van der Waals surface area (Å²) in [4.78, 5) is 26.2. The number of nitrogens with one attached hydrogen (secondary N) is 1. The molecule has 2 rings (SSSR count). The number of halogens is 1. The Morgan fingerprint density at radius 3 is 2.61 bits per heavy atom. The van der Waals surface area contributed by atoms with Gasteiger partial charge in [-0.15, -0.1) is 11.6 Å².